The lowest BCUT2D eigenvalue weighted by molar-refractivity contribution is -0.0417. The molecule has 0 aromatic carbocycles. The highest BCUT2D eigenvalue weighted by Gasteiger charge is 2.30. The molecule has 3 nitrogen and oxygen atoms in total. The van der Waals surface area contributed by atoms with Crippen LogP contribution in [-0.4, -0.2) is 33.6 Å². The predicted molar refractivity (Wildman–Crippen MR) is 70.9 cm³/mol. The maximum absolute atomic E-state index is 10.5. The van der Waals surface area contributed by atoms with Crippen LogP contribution in [0.2, 0.25) is 0 Å². The summed E-state index contributed by atoms with van der Waals surface area (Å²) in [5, 5.41) is 28.9. The van der Waals surface area contributed by atoms with Crippen LogP contribution in [0.4, 0.5) is 0 Å². The Bertz CT molecular complexity index is 182. The molecule has 0 bridgehead atoms. The molecule has 104 valence electrons. The zero-order valence-electron chi connectivity index (χ0n) is 11.7. The van der Waals surface area contributed by atoms with Crippen molar-refractivity contribution in [2.75, 3.05) is 6.61 Å². The summed E-state index contributed by atoms with van der Waals surface area (Å²) < 4.78 is 0. The maximum atomic E-state index is 10.5. The molecule has 0 aromatic rings. The zero-order valence-corrected chi connectivity index (χ0v) is 11.7. The monoisotopic (exact) mass is 246 g/mol. The Hall–Kier alpha value is -0.120. The van der Waals surface area contributed by atoms with Crippen molar-refractivity contribution < 1.29 is 15.3 Å². The molecule has 0 heterocycles. The molecule has 3 heteroatoms. The van der Waals surface area contributed by atoms with Gasteiger partial charge < -0.3 is 15.3 Å². The highest BCUT2D eigenvalue weighted by atomic mass is 16.3. The van der Waals surface area contributed by atoms with Gasteiger partial charge in [-0.2, -0.15) is 0 Å². The summed E-state index contributed by atoms with van der Waals surface area (Å²) in [4.78, 5) is 0. The van der Waals surface area contributed by atoms with Gasteiger partial charge in [0.1, 0.15) is 0 Å². The standard InChI is InChI=1S/C14H30O3/c1-4-6-7-13(5-2)11-14(17,8-9-15)10-12(3)16/h12-13,15-17H,4-11H2,1-3H3. The Morgan fingerprint density at radius 2 is 1.82 bits per heavy atom. The van der Waals surface area contributed by atoms with E-state index in [4.69, 9.17) is 5.11 Å². The SMILES string of the molecule is CCCCC(CC)CC(O)(CCO)CC(C)O. The summed E-state index contributed by atoms with van der Waals surface area (Å²) in [6, 6.07) is 0. The van der Waals surface area contributed by atoms with Crippen LogP contribution in [0.15, 0.2) is 0 Å². The smallest absolute Gasteiger partial charge is 0.0696 e. The molecule has 0 radical (unpaired) electrons. The molecule has 0 aliphatic carbocycles. The first-order valence-corrected chi connectivity index (χ1v) is 6.98. The first kappa shape index (κ1) is 16.9. The van der Waals surface area contributed by atoms with Gasteiger partial charge in [0.2, 0.25) is 0 Å². The molecule has 0 rings (SSSR count). The third kappa shape index (κ3) is 7.74. The van der Waals surface area contributed by atoms with Crippen molar-refractivity contribution in [3.05, 3.63) is 0 Å². The van der Waals surface area contributed by atoms with E-state index in [1.165, 1.54) is 12.8 Å². The summed E-state index contributed by atoms with van der Waals surface area (Å²) >= 11 is 0. The molecule has 0 saturated heterocycles. The van der Waals surface area contributed by atoms with Crippen molar-refractivity contribution in [3.8, 4) is 0 Å². The minimum atomic E-state index is -0.905. The van der Waals surface area contributed by atoms with Gasteiger partial charge in [0.05, 0.1) is 11.7 Å². The van der Waals surface area contributed by atoms with E-state index in [-0.39, 0.29) is 6.61 Å². The molecule has 0 fully saturated rings. The molecule has 17 heavy (non-hydrogen) atoms. The molecular weight excluding hydrogens is 216 g/mol. The summed E-state index contributed by atoms with van der Waals surface area (Å²) in [6.45, 7) is 5.98. The lowest BCUT2D eigenvalue weighted by Gasteiger charge is -2.32. The Morgan fingerprint density at radius 3 is 2.24 bits per heavy atom. The minimum absolute atomic E-state index is 0.0204. The fourth-order valence-electron chi connectivity index (χ4n) is 2.53. The molecule has 3 N–H and O–H groups in total. The number of hydrogen-bond acceptors (Lipinski definition) is 3. The number of hydrogen-bond donors (Lipinski definition) is 3. The van der Waals surface area contributed by atoms with Crippen molar-refractivity contribution in [2.24, 2.45) is 5.92 Å². The topological polar surface area (TPSA) is 60.7 Å². The summed E-state index contributed by atoms with van der Waals surface area (Å²) in [6.07, 6.45) is 5.42. The highest BCUT2D eigenvalue weighted by molar-refractivity contribution is 4.83. The van der Waals surface area contributed by atoms with Gasteiger partial charge in [0.15, 0.2) is 0 Å². The summed E-state index contributed by atoms with van der Waals surface area (Å²) in [7, 11) is 0. The lowest BCUT2D eigenvalue weighted by Crippen LogP contribution is -2.36. The molecule has 3 atom stereocenters. The van der Waals surface area contributed by atoms with E-state index >= 15 is 0 Å². The average molecular weight is 246 g/mol. The quantitative estimate of drug-likeness (QED) is 0.555. The second-order valence-corrected chi connectivity index (χ2v) is 5.37. The van der Waals surface area contributed by atoms with Gasteiger partial charge in [-0.25, -0.2) is 0 Å². The third-order valence-corrected chi connectivity index (χ3v) is 3.46. The Kier molecular flexibility index (Phi) is 8.83. The Labute approximate surface area is 106 Å². The fourth-order valence-corrected chi connectivity index (χ4v) is 2.53. The molecular formula is C14H30O3. The van der Waals surface area contributed by atoms with Crippen LogP contribution in [0, 0.1) is 5.92 Å². The van der Waals surface area contributed by atoms with Crippen LogP contribution in [0.5, 0.6) is 0 Å². The van der Waals surface area contributed by atoms with E-state index in [1.807, 2.05) is 0 Å². The van der Waals surface area contributed by atoms with Crippen molar-refractivity contribution in [1.29, 1.82) is 0 Å². The third-order valence-electron chi connectivity index (χ3n) is 3.46. The van der Waals surface area contributed by atoms with Gasteiger partial charge >= 0.3 is 0 Å². The largest absolute Gasteiger partial charge is 0.396 e. The maximum Gasteiger partial charge on any atom is 0.0696 e. The van der Waals surface area contributed by atoms with Crippen molar-refractivity contribution >= 4 is 0 Å². The van der Waals surface area contributed by atoms with Crippen molar-refractivity contribution in [3.63, 3.8) is 0 Å². The Morgan fingerprint density at radius 1 is 1.18 bits per heavy atom. The number of rotatable bonds is 10. The number of unbranched alkanes of at least 4 members (excludes halogenated alkanes) is 1. The van der Waals surface area contributed by atoms with E-state index in [9.17, 15) is 10.2 Å². The normalized spacial score (nSPS) is 18.7. The second-order valence-electron chi connectivity index (χ2n) is 5.37. The van der Waals surface area contributed by atoms with E-state index in [1.54, 1.807) is 6.92 Å². The summed E-state index contributed by atoms with van der Waals surface area (Å²) in [5.41, 5.74) is -0.905. The van der Waals surface area contributed by atoms with Crippen LogP contribution in [0.25, 0.3) is 0 Å². The van der Waals surface area contributed by atoms with Crippen LogP contribution < -0.4 is 0 Å². The van der Waals surface area contributed by atoms with Gasteiger partial charge in [0.25, 0.3) is 0 Å². The predicted octanol–water partition coefficient (Wildman–Crippen LogP) is 2.48. The van der Waals surface area contributed by atoms with Crippen LogP contribution in [0.3, 0.4) is 0 Å². The second kappa shape index (κ2) is 8.90. The molecule has 0 spiro atoms. The van der Waals surface area contributed by atoms with E-state index < -0.39 is 11.7 Å². The fraction of sp³-hybridized carbons (Fsp3) is 1.00. The van der Waals surface area contributed by atoms with Crippen LogP contribution in [0.1, 0.15) is 65.7 Å². The van der Waals surface area contributed by atoms with Gasteiger partial charge in [0, 0.05) is 13.0 Å². The minimum Gasteiger partial charge on any atom is -0.396 e. The molecule has 0 aromatic heterocycles. The first-order valence-electron chi connectivity index (χ1n) is 6.98. The van der Waals surface area contributed by atoms with E-state index in [2.05, 4.69) is 13.8 Å². The van der Waals surface area contributed by atoms with Crippen molar-refractivity contribution in [1.82, 2.24) is 0 Å². The molecule has 0 amide bonds. The lowest BCUT2D eigenvalue weighted by atomic mass is 9.81. The van der Waals surface area contributed by atoms with Gasteiger partial charge in [-0.1, -0.05) is 39.5 Å². The van der Waals surface area contributed by atoms with Gasteiger partial charge in [-0.15, -0.1) is 0 Å². The van der Waals surface area contributed by atoms with Gasteiger partial charge in [-0.05, 0) is 25.7 Å². The van der Waals surface area contributed by atoms with E-state index in [0.29, 0.717) is 25.2 Å². The zero-order chi connectivity index (χ0) is 13.3. The number of aliphatic hydroxyl groups is 3. The molecule has 0 aliphatic heterocycles. The summed E-state index contributed by atoms with van der Waals surface area (Å²) in [5.74, 6) is 0.491. The Balaban J connectivity index is 4.36. The molecule has 0 aliphatic rings. The molecule has 0 saturated carbocycles. The van der Waals surface area contributed by atoms with Gasteiger partial charge in [-0.3, -0.25) is 0 Å². The van der Waals surface area contributed by atoms with E-state index in [0.717, 1.165) is 12.8 Å². The highest BCUT2D eigenvalue weighted by Crippen LogP contribution is 2.30. The number of aliphatic hydroxyl groups excluding tert-OH is 2. The van der Waals surface area contributed by atoms with Crippen molar-refractivity contribution in [2.45, 2.75) is 77.4 Å². The average Bonchev–Trinajstić information content (AvgIpc) is 2.23. The molecule has 3 unspecified atom stereocenters. The first-order chi connectivity index (χ1) is 7.97. The van der Waals surface area contributed by atoms with Crippen LogP contribution >= 0.6 is 0 Å². The van der Waals surface area contributed by atoms with Crippen LogP contribution in [-0.2, 0) is 0 Å².